The van der Waals surface area contributed by atoms with Crippen LogP contribution in [0.2, 0.25) is 0 Å². The van der Waals surface area contributed by atoms with Crippen LogP contribution in [0.1, 0.15) is 16.5 Å². The summed E-state index contributed by atoms with van der Waals surface area (Å²) < 4.78 is 28.7. The summed E-state index contributed by atoms with van der Waals surface area (Å²) in [4.78, 5) is 0.361. The van der Waals surface area contributed by atoms with Gasteiger partial charge in [0.1, 0.15) is 0 Å². The molecule has 1 aliphatic heterocycles. The number of fused-ring (bicyclic) bond motifs is 2. The van der Waals surface area contributed by atoms with Crippen molar-refractivity contribution in [2.24, 2.45) is 0 Å². The van der Waals surface area contributed by atoms with Crippen LogP contribution in [0.5, 0.6) is 0 Å². The first kappa shape index (κ1) is 18.7. The maximum absolute atomic E-state index is 13.5. The van der Waals surface area contributed by atoms with Crippen LogP contribution in [-0.2, 0) is 10.0 Å². The van der Waals surface area contributed by atoms with Crippen molar-refractivity contribution in [3.8, 4) is 0 Å². The molecule has 29 heavy (non-hydrogen) atoms. The lowest BCUT2D eigenvalue weighted by molar-refractivity contribution is 0.437. The lowest BCUT2D eigenvalue weighted by Gasteiger charge is -2.26. The molecule has 146 valence electrons. The van der Waals surface area contributed by atoms with Gasteiger partial charge in [-0.2, -0.15) is 4.31 Å². The fourth-order valence-electron chi connectivity index (χ4n) is 4.09. The van der Waals surface area contributed by atoms with Crippen molar-refractivity contribution in [1.82, 2.24) is 4.31 Å². The van der Waals surface area contributed by atoms with Crippen molar-refractivity contribution in [1.29, 1.82) is 0 Å². The summed E-state index contributed by atoms with van der Waals surface area (Å²) in [7, 11) is -3.58. The van der Waals surface area contributed by atoms with Crippen molar-refractivity contribution in [2.75, 3.05) is 12.3 Å². The SMILES string of the molecule is Cc1ccc(S(=O)(=O)N2CCS[C@@H]2c2c3ccccc3cc3ccccc23)cc1. The molecule has 1 atom stereocenters. The van der Waals surface area contributed by atoms with E-state index >= 15 is 0 Å². The molecule has 1 heterocycles. The normalized spacial score (nSPS) is 17.9. The number of sulfonamides is 1. The Balaban J connectivity index is 1.72. The minimum atomic E-state index is -3.58. The minimum absolute atomic E-state index is 0.239. The van der Waals surface area contributed by atoms with E-state index in [1.165, 1.54) is 0 Å². The third kappa shape index (κ3) is 3.14. The maximum Gasteiger partial charge on any atom is 0.244 e. The lowest BCUT2D eigenvalue weighted by Crippen LogP contribution is -2.30. The molecule has 0 aromatic heterocycles. The first-order valence-corrected chi connectivity index (χ1v) is 12.1. The molecule has 0 unspecified atom stereocenters. The predicted molar refractivity (Wildman–Crippen MR) is 122 cm³/mol. The number of aryl methyl sites for hydroxylation is 1. The van der Waals surface area contributed by atoms with E-state index in [-0.39, 0.29) is 5.37 Å². The van der Waals surface area contributed by atoms with Gasteiger partial charge in [-0.25, -0.2) is 8.42 Å². The molecule has 3 nitrogen and oxygen atoms in total. The van der Waals surface area contributed by atoms with E-state index in [4.69, 9.17) is 0 Å². The molecular formula is C24H21NO2S2. The number of nitrogens with zero attached hydrogens (tertiary/aromatic N) is 1. The molecule has 0 bridgehead atoms. The number of rotatable bonds is 3. The number of thioether (sulfide) groups is 1. The molecule has 0 aliphatic carbocycles. The van der Waals surface area contributed by atoms with Gasteiger partial charge < -0.3 is 0 Å². The van der Waals surface area contributed by atoms with Crippen molar-refractivity contribution in [3.05, 3.63) is 90.0 Å². The van der Waals surface area contributed by atoms with E-state index in [9.17, 15) is 8.42 Å². The summed E-state index contributed by atoms with van der Waals surface area (Å²) in [5.41, 5.74) is 2.15. The fraction of sp³-hybridized carbons (Fsp3) is 0.167. The maximum atomic E-state index is 13.5. The molecule has 0 radical (unpaired) electrons. The average molecular weight is 420 g/mol. The second-order valence-corrected chi connectivity index (χ2v) is 10.5. The molecular weight excluding hydrogens is 398 g/mol. The standard InChI is InChI=1S/C24H21NO2S2/c1-17-10-12-20(13-11-17)29(26,27)25-14-15-28-24(25)23-21-8-4-2-6-18(21)16-19-7-3-5-9-22(19)23/h2-13,16,24H,14-15H2,1H3/t24-/m1/s1. The van der Waals surface area contributed by atoms with Crippen LogP contribution in [0.4, 0.5) is 0 Å². The molecule has 1 saturated heterocycles. The van der Waals surface area contributed by atoms with Crippen molar-refractivity contribution >= 4 is 43.3 Å². The quantitative estimate of drug-likeness (QED) is 0.398. The zero-order chi connectivity index (χ0) is 20.0. The van der Waals surface area contributed by atoms with Crippen LogP contribution in [0.25, 0.3) is 21.5 Å². The van der Waals surface area contributed by atoms with E-state index in [1.807, 2.05) is 43.3 Å². The van der Waals surface area contributed by atoms with Crippen molar-refractivity contribution < 1.29 is 8.42 Å². The second-order valence-electron chi connectivity index (χ2n) is 7.38. The molecule has 0 amide bonds. The summed E-state index contributed by atoms with van der Waals surface area (Å²) in [6.07, 6.45) is 0. The lowest BCUT2D eigenvalue weighted by atomic mass is 9.96. The molecule has 4 aromatic rings. The molecule has 5 rings (SSSR count). The first-order valence-electron chi connectivity index (χ1n) is 9.66. The van der Waals surface area contributed by atoms with Crippen LogP contribution in [0.15, 0.2) is 83.8 Å². The highest BCUT2D eigenvalue weighted by atomic mass is 32.2. The highest BCUT2D eigenvalue weighted by Crippen LogP contribution is 2.46. The van der Waals surface area contributed by atoms with Gasteiger partial charge in [-0.1, -0.05) is 66.2 Å². The first-order chi connectivity index (χ1) is 14.1. The second kappa shape index (κ2) is 7.17. The zero-order valence-electron chi connectivity index (χ0n) is 16.1. The average Bonchev–Trinajstić information content (AvgIpc) is 3.22. The Kier molecular flexibility index (Phi) is 4.62. The van der Waals surface area contributed by atoms with E-state index in [0.717, 1.165) is 38.4 Å². The monoisotopic (exact) mass is 419 g/mol. The van der Waals surface area contributed by atoms with Crippen molar-refractivity contribution in [3.63, 3.8) is 0 Å². The Hall–Kier alpha value is -2.34. The van der Waals surface area contributed by atoms with Crippen LogP contribution in [0.3, 0.4) is 0 Å². The van der Waals surface area contributed by atoms with Crippen LogP contribution < -0.4 is 0 Å². The van der Waals surface area contributed by atoms with Gasteiger partial charge in [-0.05, 0) is 52.2 Å². The van der Waals surface area contributed by atoms with Gasteiger partial charge in [-0.15, -0.1) is 11.8 Å². The molecule has 0 saturated carbocycles. The van der Waals surface area contributed by atoms with Gasteiger partial charge in [0, 0.05) is 12.3 Å². The Morgan fingerprint density at radius 2 is 1.45 bits per heavy atom. The number of benzene rings is 4. The molecule has 5 heteroatoms. The third-order valence-corrected chi connectivity index (χ3v) is 8.77. The van der Waals surface area contributed by atoms with Gasteiger partial charge in [0.2, 0.25) is 10.0 Å². The van der Waals surface area contributed by atoms with Crippen LogP contribution >= 0.6 is 11.8 Å². The molecule has 4 aromatic carbocycles. The van der Waals surface area contributed by atoms with E-state index < -0.39 is 10.0 Å². The smallest absolute Gasteiger partial charge is 0.207 e. The molecule has 1 fully saturated rings. The number of hydrogen-bond acceptors (Lipinski definition) is 3. The number of hydrogen-bond donors (Lipinski definition) is 0. The van der Waals surface area contributed by atoms with Gasteiger partial charge in [0.25, 0.3) is 0 Å². The van der Waals surface area contributed by atoms with E-state index in [1.54, 1.807) is 28.2 Å². The Bertz CT molecular complexity index is 1260. The topological polar surface area (TPSA) is 37.4 Å². The molecule has 0 N–H and O–H groups in total. The third-order valence-electron chi connectivity index (χ3n) is 5.54. The molecule has 1 aliphatic rings. The Morgan fingerprint density at radius 3 is 2.07 bits per heavy atom. The van der Waals surface area contributed by atoms with Gasteiger partial charge >= 0.3 is 0 Å². The Morgan fingerprint density at radius 1 is 0.862 bits per heavy atom. The summed E-state index contributed by atoms with van der Waals surface area (Å²) in [5, 5.41) is 4.28. The summed E-state index contributed by atoms with van der Waals surface area (Å²) in [6, 6.07) is 25.9. The van der Waals surface area contributed by atoms with E-state index in [2.05, 4.69) is 30.3 Å². The summed E-state index contributed by atoms with van der Waals surface area (Å²) >= 11 is 1.70. The van der Waals surface area contributed by atoms with Gasteiger partial charge in [0.15, 0.2) is 0 Å². The minimum Gasteiger partial charge on any atom is -0.207 e. The van der Waals surface area contributed by atoms with Crippen LogP contribution in [-0.4, -0.2) is 25.0 Å². The van der Waals surface area contributed by atoms with E-state index in [0.29, 0.717) is 11.4 Å². The summed E-state index contributed by atoms with van der Waals surface area (Å²) in [6.45, 7) is 2.48. The fourth-order valence-corrected chi connectivity index (χ4v) is 7.38. The predicted octanol–water partition coefficient (Wildman–Crippen LogP) is 5.74. The van der Waals surface area contributed by atoms with Crippen molar-refractivity contribution in [2.45, 2.75) is 17.2 Å². The Labute approximate surface area is 175 Å². The van der Waals surface area contributed by atoms with Crippen LogP contribution in [0, 0.1) is 6.92 Å². The van der Waals surface area contributed by atoms with Gasteiger partial charge in [-0.3, -0.25) is 0 Å². The molecule has 0 spiro atoms. The highest BCUT2D eigenvalue weighted by molar-refractivity contribution is 8.01. The highest BCUT2D eigenvalue weighted by Gasteiger charge is 2.38. The summed E-state index contributed by atoms with van der Waals surface area (Å²) in [5.74, 6) is 0.785. The zero-order valence-corrected chi connectivity index (χ0v) is 17.7. The van der Waals surface area contributed by atoms with Gasteiger partial charge in [0.05, 0.1) is 10.3 Å². The largest absolute Gasteiger partial charge is 0.244 e.